The zero-order valence-corrected chi connectivity index (χ0v) is 43.6. The van der Waals surface area contributed by atoms with Crippen LogP contribution in [0.15, 0.2) is 170 Å². The van der Waals surface area contributed by atoms with Gasteiger partial charge in [0.1, 0.15) is 0 Å². The van der Waals surface area contributed by atoms with E-state index >= 15 is 0 Å². The van der Waals surface area contributed by atoms with Crippen molar-refractivity contribution in [2.45, 2.75) is 32.7 Å². The van der Waals surface area contributed by atoms with E-state index in [-0.39, 0.29) is 11.8 Å². The van der Waals surface area contributed by atoms with E-state index in [0.717, 1.165) is 106 Å². The summed E-state index contributed by atoms with van der Waals surface area (Å²) in [6.07, 6.45) is 4.24. The highest BCUT2D eigenvalue weighted by Gasteiger charge is 2.17. The first kappa shape index (κ1) is 55.7. The minimum Gasteiger partial charge on any atom is -0.384 e. The summed E-state index contributed by atoms with van der Waals surface area (Å²) >= 11 is 0. The first-order valence-electron chi connectivity index (χ1n) is 26.3. The van der Waals surface area contributed by atoms with Crippen LogP contribution in [0.1, 0.15) is 64.4 Å². The van der Waals surface area contributed by atoms with Gasteiger partial charge in [-0.15, -0.1) is 0 Å². The van der Waals surface area contributed by atoms with Crippen LogP contribution in [0.4, 0.5) is 5.69 Å². The summed E-state index contributed by atoms with van der Waals surface area (Å²) in [5.41, 5.74) is 12.4. The number of ether oxygens (including phenoxy) is 5. The highest BCUT2D eigenvalue weighted by molar-refractivity contribution is 6.05. The Bertz CT molecular complexity index is 2750. The molecule has 0 saturated heterocycles. The van der Waals surface area contributed by atoms with E-state index in [0.29, 0.717) is 84.5 Å². The minimum absolute atomic E-state index is 0.00644. The number of carbonyl (C=O) groups is 2. The van der Waals surface area contributed by atoms with E-state index in [1.807, 2.05) is 42.6 Å². The second kappa shape index (κ2) is 31.6. The number of amides is 2. The van der Waals surface area contributed by atoms with Crippen molar-refractivity contribution in [1.82, 2.24) is 20.5 Å². The largest absolute Gasteiger partial charge is 0.384 e. The second-order valence-electron chi connectivity index (χ2n) is 18.0. The summed E-state index contributed by atoms with van der Waals surface area (Å²) in [5.74, 6) is -0.131. The van der Waals surface area contributed by atoms with Crippen molar-refractivity contribution in [2.75, 3.05) is 105 Å². The summed E-state index contributed by atoms with van der Waals surface area (Å²) in [6.45, 7) is 11.2. The molecule has 0 bridgehead atoms. The third-order valence-corrected chi connectivity index (χ3v) is 12.8. The molecule has 12 heteroatoms. The Hall–Kier alpha value is -7.03. The topological polar surface area (TPSA) is 133 Å². The maximum absolute atomic E-state index is 13.5. The average Bonchev–Trinajstić information content (AvgIpc) is 3.46. The lowest BCUT2D eigenvalue weighted by atomic mass is 9.85. The molecule has 7 aromatic rings. The Labute approximate surface area is 443 Å². The molecule has 392 valence electrons. The molecule has 2 amide bonds. The molecule has 0 spiro atoms. The molecule has 1 aromatic heterocycles. The van der Waals surface area contributed by atoms with Gasteiger partial charge in [-0.2, -0.15) is 0 Å². The van der Waals surface area contributed by atoms with Gasteiger partial charge in [-0.05, 0) is 100 Å². The number of fused-ring (bicyclic) bond motifs is 1. The third kappa shape index (κ3) is 18.1. The molecule has 0 atom stereocenters. The van der Waals surface area contributed by atoms with Crippen molar-refractivity contribution in [1.29, 1.82) is 0 Å². The Balaban J connectivity index is 0.812. The average molecular weight is 1010 g/mol. The van der Waals surface area contributed by atoms with Crippen LogP contribution < -0.4 is 16.0 Å². The van der Waals surface area contributed by atoms with Crippen LogP contribution in [0.3, 0.4) is 0 Å². The SMILES string of the molecule is CCN(CCCCNc1ccnc2cc(-c3ccc(CNC(=O)c4ccc(C(=C(c5ccccc5)c5ccccc5)c5ccccc5)cc4)cc3)ccc12)CCNC(=O)CCOCCOCCOCCOCCOC. The molecule has 0 fully saturated rings. The van der Waals surface area contributed by atoms with Gasteiger partial charge in [0.15, 0.2) is 0 Å². The zero-order valence-electron chi connectivity index (χ0n) is 43.6. The number of likely N-dealkylation sites (N-methyl/N-ethyl adjacent to an activating group) is 1. The third-order valence-electron chi connectivity index (χ3n) is 12.8. The molecule has 0 aliphatic carbocycles. The van der Waals surface area contributed by atoms with Gasteiger partial charge >= 0.3 is 0 Å². The van der Waals surface area contributed by atoms with Gasteiger partial charge in [-0.1, -0.05) is 146 Å². The molecule has 3 N–H and O–H groups in total. The normalized spacial score (nSPS) is 11.2. The molecule has 75 heavy (non-hydrogen) atoms. The van der Waals surface area contributed by atoms with E-state index in [9.17, 15) is 9.59 Å². The highest BCUT2D eigenvalue weighted by Crippen LogP contribution is 2.37. The van der Waals surface area contributed by atoms with Crippen LogP contribution in [-0.2, 0) is 35.0 Å². The number of anilines is 1. The van der Waals surface area contributed by atoms with Crippen LogP contribution in [0.2, 0.25) is 0 Å². The van der Waals surface area contributed by atoms with Crippen molar-refractivity contribution in [3.63, 3.8) is 0 Å². The van der Waals surface area contributed by atoms with Crippen LogP contribution in [0.5, 0.6) is 0 Å². The number of pyridine rings is 1. The molecule has 12 nitrogen and oxygen atoms in total. The number of carbonyl (C=O) groups excluding carboxylic acids is 2. The Morgan fingerprint density at radius 3 is 1.63 bits per heavy atom. The van der Waals surface area contributed by atoms with E-state index < -0.39 is 0 Å². The number of nitrogens with one attached hydrogen (secondary N) is 3. The van der Waals surface area contributed by atoms with Crippen LogP contribution in [-0.4, -0.2) is 121 Å². The summed E-state index contributed by atoms with van der Waals surface area (Å²) < 4.78 is 26.8. The van der Waals surface area contributed by atoms with Crippen molar-refractivity contribution < 1.29 is 33.3 Å². The summed E-state index contributed by atoms with van der Waals surface area (Å²) in [7, 11) is 1.64. The molecular formula is C63H73N5O7. The standard InChI is InChI=1S/C63H73N5O7/c1-3-68(37-35-66-60(69)32-38-72-41-42-74-45-46-75-44-43-73-40-39-71-2)36-14-13-33-64-58-31-34-65-59-47-56(29-30-57(58)59)50-23-21-49(22-24-50)48-67-63(70)55-27-25-54(26-28-55)62(53-19-11-6-12-20-53)61(51-15-7-4-8-16-51)52-17-9-5-10-18-52/h4-12,15-31,34,47H,3,13-14,32-33,35-46,48H2,1-2H3,(H,64,65)(H,66,69)(H,67,70). The Morgan fingerprint density at radius 1 is 0.520 bits per heavy atom. The van der Waals surface area contributed by atoms with Gasteiger partial charge in [0.2, 0.25) is 5.91 Å². The number of hydrogen-bond donors (Lipinski definition) is 3. The van der Waals surface area contributed by atoms with Gasteiger partial charge in [0, 0.05) is 62.5 Å². The van der Waals surface area contributed by atoms with Crippen molar-refractivity contribution in [3.8, 4) is 11.1 Å². The second-order valence-corrected chi connectivity index (χ2v) is 18.0. The van der Waals surface area contributed by atoms with Crippen LogP contribution in [0, 0.1) is 0 Å². The van der Waals surface area contributed by atoms with Crippen LogP contribution >= 0.6 is 0 Å². The molecular weight excluding hydrogens is 939 g/mol. The number of nitrogens with zero attached hydrogens (tertiary/aromatic N) is 2. The van der Waals surface area contributed by atoms with E-state index in [4.69, 9.17) is 28.7 Å². The molecule has 0 saturated carbocycles. The molecule has 0 aliphatic rings. The molecule has 0 unspecified atom stereocenters. The maximum Gasteiger partial charge on any atom is 0.251 e. The molecule has 7 rings (SSSR count). The fourth-order valence-electron chi connectivity index (χ4n) is 8.72. The number of methoxy groups -OCH3 is 1. The number of hydrogen-bond acceptors (Lipinski definition) is 10. The van der Waals surface area contributed by atoms with Crippen LogP contribution in [0.25, 0.3) is 33.2 Å². The first-order chi connectivity index (χ1) is 37.0. The summed E-state index contributed by atoms with van der Waals surface area (Å²) in [5, 5.41) is 10.9. The van der Waals surface area contributed by atoms with E-state index in [1.165, 1.54) is 0 Å². The fraction of sp³-hybridized carbons (Fsp3) is 0.317. The summed E-state index contributed by atoms with van der Waals surface area (Å²) in [6, 6.07) is 56.1. The molecule has 0 aliphatic heterocycles. The first-order valence-corrected chi connectivity index (χ1v) is 26.3. The smallest absolute Gasteiger partial charge is 0.251 e. The predicted molar refractivity (Wildman–Crippen MR) is 302 cm³/mol. The Morgan fingerprint density at radius 2 is 1.05 bits per heavy atom. The lowest BCUT2D eigenvalue weighted by molar-refractivity contribution is -0.122. The Kier molecular flexibility index (Phi) is 23.5. The monoisotopic (exact) mass is 1010 g/mol. The number of aromatic nitrogens is 1. The predicted octanol–water partition coefficient (Wildman–Crippen LogP) is 10.6. The lowest BCUT2D eigenvalue weighted by Crippen LogP contribution is -2.35. The summed E-state index contributed by atoms with van der Waals surface area (Å²) in [4.78, 5) is 32.9. The molecule has 0 radical (unpaired) electrons. The molecule has 6 aromatic carbocycles. The van der Waals surface area contributed by atoms with Crippen molar-refractivity contribution >= 4 is 39.6 Å². The van der Waals surface area contributed by atoms with Gasteiger partial charge in [0.25, 0.3) is 5.91 Å². The highest BCUT2D eigenvalue weighted by atomic mass is 16.6. The van der Waals surface area contributed by atoms with Gasteiger partial charge in [0.05, 0.1) is 65.0 Å². The lowest BCUT2D eigenvalue weighted by Gasteiger charge is -2.20. The molecule has 1 heterocycles. The fourth-order valence-corrected chi connectivity index (χ4v) is 8.72. The van der Waals surface area contributed by atoms with Crippen molar-refractivity contribution in [3.05, 3.63) is 203 Å². The van der Waals surface area contributed by atoms with Gasteiger partial charge in [-0.3, -0.25) is 14.6 Å². The zero-order chi connectivity index (χ0) is 52.1. The van der Waals surface area contributed by atoms with Gasteiger partial charge in [-0.25, -0.2) is 0 Å². The van der Waals surface area contributed by atoms with Crippen molar-refractivity contribution in [2.24, 2.45) is 0 Å². The van der Waals surface area contributed by atoms with E-state index in [1.54, 1.807) is 7.11 Å². The van der Waals surface area contributed by atoms with E-state index in [2.05, 4.69) is 155 Å². The number of unbranched alkanes of at least 4 members (excludes halogenated alkanes) is 1. The number of rotatable bonds is 33. The quantitative estimate of drug-likeness (QED) is 0.0270. The number of benzene rings is 6. The van der Waals surface area contributed by atoms with Gasteiger partial charge < -0.3 is 44.5 Å². The maximum atomic E-state index is 13.5. The minimum atomic E-state index is -0.124.